The minimum atomic E-state index is 0.307. The van der Waals surface area contributed by atoms with Gasteiger partial charge >= 0.3 is 0 Å². The van der Waals surface area contributed by atoms with Crippen LogP contribution in [-0.2, 0) is 6.54 Å². The molecule has 2 rings (SSSR count). The van der Waals surface area contributed by atoms with E-state index in [0.29, 0.717) is 6.61 Å². The largest absolute Gasteiger partial charge is 0.396 e. The van der Waals surface area contributed by atoms with Gasteiger partial charge in [-0.2, -0.15) is 0 Å². The van der Waals surface area contributed by atoms with E-state index < -0.39 is 0 Å². The van der Waals surface area contributed by atoms with Crippen molar-refractivity contribution in [3.05, 3.63) is 29.6 Å². The average molecular weight is 234 g/mol. The summed E-state index contributed by atoms with van der Waals surface area (Å²) < 4.78 is 0. The molecule has 3 nitrogen and oxygen atoms in total. The van der Waals surface area contributed by atoms with Crippen LogP contribution in [0, 0.1) is 6.92 Å². The number of aromatic nitrogens is 1. The first-order valence-electron chi connectivity index (χ1n) is 6.56. The molecule has 0 bridgehead atoms. The topological polar surface area (TPSA) is 36.4 Å². The predicted octanol–water partition coefficient (Wildman–Crippen LogP) is 2.13. The molecule has 0 aliphatic heterocycles. The van der Waals surface area contributed by atoms with E-state index in [1.807, 2.05) is 6.20 Å². The van der Waals surface area contributed by atoms with Crippen molar-refractivity contribution >= 4 is 0 Å². The number of unbranched alkanes of at least 4 members (excludes halogenated alkanes) is 1. The highest BCUT2D eigenvalue weighted by Gasteiger charge is 2.28. The van der Waals surface area contributed by atoms with Crippen LogP contribution in [0.15, 0.2) is 18.3 Å². The molecule has 3 heteroatoms. The molecule has 1 aliphatic rings. The number of nitrogens with zero attached hydrogens (tertiary/aromatic N) is 2. The molecule has 0 atom stereocenters. The number of aryl methyl sites for hydroxylation is 1. The summed E-state index contributed by atoms with van der Waals surface area (Å²) in [6.45, 7) is 4.41. The van der Waals surface area contributed by atoms with Crippen molar-refractivity contribution in [3.8, 4) is 0 Å². The molecule has 1 N–H and O–H groups in total. The molecule has 1 fully saturated rings. The van der Waals surface area contributed by atoms with Gasteiger partial charge in [0.1, 0.15) is 0 Å². The number of pyridine rings is 1. The van der Waals surface area contributed by atoms with Crippen LogP contribution in [0.5, 0.6) is 0 Å². The van der Waals surface area contributed by atoms with Crippen LogP contribution < -0.4 is 0 Å². The van der Waals surface area contributed by atoms with E-state index in [9.17, 15) is 0 Å². The summed E-state index contributed by atoms with van der Waals surface area (Å²) >= 11 is 0. The van der Waals surface area contributed by atoms with Gasteiger partial charge < -0.3 is 5.11 Å². The third-order valence-corrected chi connectivity index (χ3v) is 3.25. The highest BCUT2D eigenvalue weighted by atomic mass is 16.2. The maximum Gasteiger partial charge on any atom is 0.0544 e. The zero-order valence-electron chi connectivity index (χ0n) is 10.6. The van der Waals surface area contributed by atoms with Crippen molar-refractivity contribution in [1.82, 2.24) is 9.88 Å². The van der Waals surface area contributed by atoms with Gasteiger partial charge in [0.2, 0.25) is 0 Å². The highest BCUT2D eigenvalue weighted by molar-refractivity contribution is 5.12. The average Bonchev–Trinajstić information content (AvgIpc) is 3.15. The Morgan fingerprint density at radius 2 is 2.18 bits per heavy atom. The lowest BCUT2D eigenvalue weighted by Crippen LogP contribution is -2.27. The molecule has 94 valence electrons. The maximum absolute atomic E-state index is 8.82. The number of aliphatic hydroxyl groups excluding tert-OH is 1. The molecule has 0 saturated heterocycles. The lowest BCUT2D eigenvalue weighted by atomic mass is 10.2. The Balaban J connectivity index is 1.86. The van der Waals surface area contributed by atoms with Crippen LogP contribution >= 0.6 is 0 Å². The second-order valence-corrected chi connectivity index (χ2v) is 4.96. The molecule has 1 aromatic rings. The number of rotatable bonds is 7. The lowest BCUT2D eigenvalue weighted by Gasteiger charge is -2.21. The Bertz CT molecular complexity index is 333. The Morgan fingerprint density at radius 1 is 1.35 bits per heavy atom. The fourth-order valence-corrected chi connectivity index (χ4v) is 2.06. The molecule has 1 saturated carbocycles. The minimum Gasteiger partial charge on any atom is -0.396 e. The van der Waals surface area contributed by atoms with E-state index >= 15 is 0 Å². The number of hydrogen-bond donors (Lipinski definition) is 1. The second-order valence-electron chi connectivity index (χ2n) is 4.96. The van der Waals surface area contributed by atoms with Crippen molar-refractivity contribution in [2.75, 3.05) is 13.2 Å². The fourth-order valence-electron chi connectivity index (χ4n) is 2.06. The van der Waals surface area contributed by atoms with Crippen LogP contribution in [0.4, 0.5) is 0 Å². The summed E-state index contributed by atoms with van der Waals surface area (Å²) in [4.78, 5) is 6.97. The molecular formula is C14H22N2O. The first-order chi connectivity index (χ1) is 8.29. The summed E-state index contributed by atoms with van der Waals surface area (Å²) in [6, 6.07) is 5.01. The summed E-state index contributed by atoms with van der Waals surface area (Å²) in [5.74, 6) is 0. The predicted molar refractivity (Wildman–Crippen MR) is 68.7 cm³/mol. The van der Waals surface area contributed by atoms with E-state index in [0.717, 1.165) is 37.7 Å². The van der Waals surface area contributed by atoms with Crippen molar-refractivity contribution < 1.29 is 5.11 Å². The van der Waals surface area contributed by atoms with Gasteiger partial charge in [-0.1, -0.05) is 6.07 Å². The molecule has 0 radical (unpaired) electrons. The van der Waals surface area contributed by atoms with Gasteiger partial charge in [0.25, 0.3) is 0 Å². The maximum atomic E-state index is 8.82. The van der Waals surface area contributed by atoms with Crippen LogP contribution in [0.1, 0.15) is 36.9 Å². The van der Waals surface area contributed by atoms with E-state index in [1.165, 1.54) is 18.4 Å². The summed E-state index contributed by atoms with van der Waals surface area (Å²) in [7, 11) is 0. The summed E-state index contributed by atoms with van der Waals surface area (Å²) in [6.07, 6.45) is 6.58. The molecule has 1 aliphatic carbocycles. The Hall–Kier alpha value is -0.930. The smallest absolute Gasteiger partial charge is 0.0544 e. The normalized spacial score (nSPS) is 15.5. The molecule has 0 unspecified atom stereocenters. The van der Waals surface area contributed by atoms with E-state index in [4.69, 9.17) is 5.11 Å². The molecule has 1 heterocycles. The Labute approximate surface area is 103 Å². The monoisotopic (exact) mass is 234 g/mol. The molecule has 0 spiro atoms. The fraction of sp³-hybridized carbons (Fsp3) is 0.643. The van der Waals surface area contributed by atoms with E-state index in [1.54, 1.807) is 0 Å². The van der Waals surface area contributed by atoms with Crippen molar-refractivity contribution in [1.29, 1.82) is 0 Å². The quantitative estimate of drug-likeness (QED) is 0.734. The van der Waals surface area contributed by atoms with Gasteiger partial charge in [0.15, 0.2) is 0 Å². The molecule has 0 aromatic carbocycles. The zero-order chi connectivity index (χ0) is 12.1. The first kappa shape index (κ1) is 12.5. The van der Waals surface area contributed by atoms with Gasteiger partial charge in [-0.05, 0) is 50.8 Å². The van der Waals surface area contributed by atoms with Crippen LogP contribution in [0.2, 0.25) is 0 Å². The Kier molecular flexibility index (Phi) is 4.51. The van der Waals surface area contributed by atoms with E-state index in [2.05, 4.69) is 28.9 Å². The highest BCUT2D eigenvalue weighted by Crippen LogP contribution is 2.28. The van der Waals surface area contributed by atoms with Crippen LogP contribution in [-0.4, -0.2) is 34.2 Å². The summed E-state index contributed by atoms with van der Waals surface area (Å²) in [5, 5.41) is 8.82. The molecular weight excluding hydrogens is 212 g/mol. The van der Waals surface area contributed by atoms with Crippen molar-refractivity contribution in [2.24, 2.45) is 0 Å². The van der Waals surface area contributed by atoms with Gasteiger partial charge in [-0.3, -0.25) is 9.88 Å². The number of hydrogen-bond acceptors (Lipinski definition) is 3. The van der Waals surface area contributed by atoms with Gasteiger partial charge in [-0.15, -0.1) is 0 Å². The van der Waals surface area contributed by atoms with Gasteiger partial charge in [-0.25, -0.2) is 0 Å². The second kappa shape index (κ2) is 6.12. The minimum absolute atomic E-state index is 0.307. The lowest BCUT2D eigenvalue weighted by molar-refractivity contribution is 0.227. The van der Waals surface area contributed by atoms with E-state index in [-0.39, 0.29) is 0 Å². The number of aliphatic hydroxyl groups is 1. The summed E-state index contributed by atoms with van der Waals surface area (Å²) in [5.41, 5.74) is 2.37. The van der Waals surface area contributed by atoms with Crippen LogP contribution in [0.3, 0.4) is 0 Å². The molecule has 1 aromatic heterocycles. The third kappa shape index (κ3) is 4.10. The van der Waals surface area contributed by atoms with Crippen molar-refractivity contribution in [3.63, 3.8) is 0 Å². The standard InChI is InChI=1S/C14H22N2O/c1-12-4-5-13(15-10-12)11-16(14-6-7-14)8-2-3-9-17/h4-5,10,14,17H,2-3,6-9,11H2,1H3. The van der Waals surface area contributed by atoms with Gasteiger partial charge in [0, 0.05) is 25.4 Å². The van der Waals surface area contributed by atoms with Crippen molar-refractivity contribution in [2.45, 2.75) is 45.2 Å². The van der Waals surface area contributed by atoms with Crippen LogP contribution in [0.25, 0.3) is 0 Å². The molecule has 17 heavy (non-hydrogen) atoms. The Morgan fingerprint density at radius 3 is 2.76 bits per heavy atom. The third-order valence-electron chi connectivity index (χ3n) is 3.25. The first-order valence-corrected chi connectivity index (χ1v) is 6.56. The molecule has 0 amide bonds. The SMILES string of the molecule is Cc1ccc(CN(CCCCO)C2CC2)nc1. The van der Waals surface area contributed by atoms with Gasteiger partial charge in [0.05, 0.1) is 5.69 Å². The zero-order valence-corrected chi connectivity index (χ0v) is 10.6.